The van der Waals surface area contributed by atoms with Gasteiger partial charge in [-0.2, -0.15) is 5.26 Å². The van der Waals surface area contributed by atoms with E-state index < -0.39 is 0 Å². The van der Waals surface area contributed by atoms with E-state index in [4.69, 9.17) is 11.0 Å². The van der Waals surface area contributed by atoms with E-state index in [9.17, 15) is 0 Å². The predicted octanol–water partition coefficient (Wildman–Crippen LogP) is 2.39. The fourth-order valence-corrected chi connectivity index (χ4v) is 2.00. The fraction of sp³-hybridized carbons (Fsp3) is 0. The van der Waals surface area contributed by atoms with E-state index in [2.05, 4.69) is 16.0 Å². The second kappa shape index (κ2) is 4.86. The van der Waals surface area contributed by atoms with Gasteiger partial charge in [-0.1, -0.05) is 12.1 Å². The lowest BCUT2D eigenvalue weighted by atomic mass is 10.2. The molecule has 5 nitrogen and oxygen atoms in total. The Labute approximate surface area is 116 Å². The van der Waals surface area contributed by atoms with Gasteiger partial charge in [0.1, 0.15) is 11.6 Å². The standard InChI is InChI=1S/C15H11N5/c16-10-11-4-5-18-14(8-11)20-7-6-19-15(20)12-2-1-3-13(17)9-12/h1-9H,17H2. The first-order valence-electron chi connectivity index (χ1n) is 6.04. The molecule has 20 heavy (non-hydrogen) atoms. The summed E-state index contributed by atoms with van der Waals surface area (Å²) >= 11 is 0. The number of rotatable bonds is 2. The van der Waals surface area contributed by atoms with Crippen LogP contribution in [0.3, 0.4) is 0 Å². The maximum Gasteiger partial charge on any atom is 0.145 e. The maximum atomic E-state index is 8.96. The number of pyridine rings is 1. The van der Waals surface area contributed by atoms with Crippen molar-refractivity contribution in [3.8, 4) is 23.3 Å². The van der Waals surface area contributed by atoms with E-state index in [0.717, 1.165) is 11.4 Å². The van der Waals surface area contributed by atoms with E-state index in [-0.39, 0.29) is 0 Å². The zero-order chi connectivity index (χ0) is 13.9. The molecule has 0 saturated carbocycles. The molecule has 0 saturated heterocycles. The van der Waals surface area contributed by atoms with Crippen molar-refractivity contribution in [2.24, 2.45) is 0 Å². The van der Waals surface area contributed by atoms with Crippen molar-refractivity contribution in [2.75, 3.05) is 5.73 Å². The van der Waals surface area contributed by atoms with Crippen LogP contribution >= 0.6 is 0 Å². The third-order valence-corrected chi connectivity index (χ3v) is 2.91. The van der Waals surface area contributed by atoms with Crippen molar-refractivity contribution in [3.05, 3.63) is 60.6 Å². The van der Waals surface area contributed by atoms with Gasteiger partial charge in [-0.25, -0.2) is 9.97 Å². The average molecular weight is 261 g/mol. The molecule has 96 valence electrons. The Hall–Kier alpha value is -3.13. The Bertz CT molecular complexity index is 798. The molecule has 0 aliphatic carbocycles. The minimum atomic E-state index is 0.558. The van der Waals surface area contributed by atoms with Gasteiger partial charge in [0.25, 0.3) is 0 Å². The van der Waals surface area contributed by atoms with Gasteiger partial charge in [-0.05, 0) is 24.3 Å². The first kappa shape index (κ1) is 11.9. The van der Waals surface area contributed by atoms with Gasteiger partial charge in [0.2, 0.25) is 0 Å². The van der Waals surface area contributed by atoms with Crippen LogP contribution in [0.5, 0.6) is 0 Å². The van der Waals surface area contributed by atoms with Crippen molar-refractivity contribution in [3.63, 3.8) is 0 Å². The van der Waals surface area contributed by atoms with Gasteiger partial charge in [0, 0.05) is 29.8 Å². The lowest BCUT2D eigenvalue weighted by molar-refractivity contribution is 1.00. The van der Waals surface area contributed by atoms with Gasteiger partial charge >= 0.3 is 0 Å². The summed E-state index contributed by atoms with van der Waals surface area (Å²) in [5.74, 6) is 1.39. The van der Waals surface area contributed by atoms with Crippen LogP contribution in [0.1, 0.15) is 5.56 Å². The zero-order valence-electron chi connectivity index (χ0n) is 10.6. The molecule has 2 aromatic heterocycles. The second-order valence-electron chi connectivity index (χ2n) is 4.26. The molecule has 0 unspecified atom stereocenters. The molecule has 0 atom stereocenters. The van der Waals surface area contributed by atoms with Crippen LogP contribution in [0.2, 0.25) is 0 Å². The van der Waals surface area contributed by atoms with Gasteiger partial charge in [0.15, 0.2) is 0 Å². The number of benzene rings is 1. The molecular weight excluding hydrogens is 250 g/mol. The minimum absolute atomic E-state index is 0.558. The molecule has 3 aromatic rings. The van der Waals surface area contributed by atoms with E-state index in [0.29, 0.717) is 17.1 Å². The first-order chi connectivity index (χ1) is 9.78. The Balaban J connectivity index is 2.13. The van der Waals surface area contributed by atoms with E-state index in [1.54, 1.807) is 24.5 Å². The number of anilines is 1. The summed E-state index contributed by atoms with van der Waals surface area (Å²) in [6.45, 7) is 0. The Morgan fingerprint density at radius 1 is 1.10 bits per heavy atom. The molecule has 0 amide bonds. The maximum absolute atomic E-state index is 8.96. The number of imidazole rings is 1. The van der Waals surface area contributed by atoms with Gasteiger partial charge in [-0.15, -0.1) is 0 Å². The second-order valence-corrected chi connectivity index (χ2v) is 4.26. The molecule has 3 rings (SSSR count). The Morgan fingerprint density at radius 3 is 2.80 bits per heavy atom. The highest BCUT2D eigenvalue weighted by atomic mass is 15.1. The highest BCUT2D eigenvalue weighted by molar-refractivity contribution is 5.63. The van der Waals surface area contributed by atoms with Crippen molar-refractivity contribution < 1.29 is 0 Å². The molecule has 2 heterocycles. The van der Waals surface area contributed by atoms with Crippen molar-refractivity contribution in [1.29, 1.82) is 5.26 Å². The van der Waals surface area contributed by atoms with Crippen LogP contribution in [0.25, 0.3) is 17.2 Å². The zero-order valence-corrected chi connectivity index (χ0v) is 10.6. The number of nitrogen functional groups attached to an aromatic ring is 1. The molecule has 0 radical (unpaired) electrons. The molecule has 0 spiro atoms. The highest BCUT2D eigenvalue weighted by Gasteiger charge is 2.09. The number of nitrogens with zero attached hydrogens (tertiary/aromatic N) is 4. The van der Waals surface area contributed by atoms with Crippen LogP contribution in [-0.2, 0) is 0 Å². The molecule has 1 aromatic carbocycles. The van der Waals surface area contributed by atoms with Crippen molar-refractivity contribution in [1.82, 2.24) is 14.5 Å². The number of nitriles is 1. The lowest BCUT2D eigenvalue weighted by Gasteiger charge is -2.07. The summed E-state index contributed by atoms with van der Waals surface area (Å²) in [6.07, 6.45) is 5.11. The molecule has 0 aliphatic rings. The topological polar surface area (TPSA) is 80.5 Å². The minimum Gasteiger partial charge on any atom is -0.399 e. The van der Waals surface area contributed by atoms with Crippen molar-refractivity contribution >= 4 is 5.69 Å². The quantitative estimate of drug-likeness (QED) is 0.718. The monoisotopic (exact) mass is 261 g/mol. The average Bonchev–Trinajstić information content (AvgIpc) is 2.97. The van der Waals surface area contributed by atoms with Crippen LogP contribution in [0.15, 0.2) is 55.0 Å². The molecular formula is C15H11N5. The molecule has 0 fully saturated rings. The molecule has 0 bridgehead atoms. The van der Waals surface area contributed by atoms with E-state index in [1.165, 1.54) is 0 Å². The van der Waals surface area contributed by atoms with Crippen LogP contribution < -0.4 is 5.73 Å². The van der Waals surface area contributed by atoms with Crippen LogP contribution in [0.4, 0.5) is 5.69 Å². The number of nitrogens with two attached hydrogens (primary N) is 1. The fourth-order valence-electron chi connectivity index (χ4n) is 2.00. The van der Waals surface area contributed by atoms with Gasteiger partial charge in [0.05, 0.1) is 11.6 Å². The Kier molecular flexibility index (Phi) is 2.90. The summed E-state index contributed by atoms with van der Waals surface area (Å²) in [6, 6.07) is 13.0. The van der Waals surface area contributed by atoms with Gasteiger partial charge < -0.3 is 5.73 Å². The largest absolute Gasteiger partial charge is 0.399 e. The molecule has 0 aliphatic heterocycles. The smallest absolute Gasteiger partial charge is 0.145 e. The summed E-state index contributed by atoms with van der Waals surface area (Å²) in [5, 5.41) is 8.96. The molecule has 5 heteroatoms. The van der Waals surface area contributed by atoms with Crippen LogP contribution in [0, 0.1) is 11.3 Å². The lowest BCUT2D eigenvalue weighted by Crippen LogP contribution is -1.99. The normalized spacial score (nSPS) is 10.2. The van der Waals surface area contributed by atoms with E-state index >= 15 is 0 Å². The molecule has 2 N–H and O–H groups in total. The summed E-state index contributed by atoms with van der Waals surface area (Å²) in [7, 11) is 0. The van der Waals surface area contributed by atoms with Crippen LogP contribution in [-0.4, -0.2) is 14.5 Å². The highest BCUT2D eigenvalue weighted by Crippen LogP contribution is 2.22. The van der Waals surface area contributed by atoms with Gasteiger partial charge in [-0.3, -0.25) is 4.57 Å². The third kappa shape index (κ3) is 2.10. The number of aromatic nitrogens is 3. The third-order valence-electron chi connectivity index (χ3n) is 2.91. The summed E-state index contributed by atoms with van der Waals surface area (Å²) in [5.41, 5.74) is 7.94. The number of hydrogen-bond acceptors (Lipinski definition) is 4. The summed E-state index contributed by atoms with van der Waals surface area (Å²) in [4.78, 5) is 8.62. The SMILES string of the molecule is N#Cc1ccnc(-n2ccnc2-c2cccc(N)c2)c1. The number of hydrogen-bond donors (Lipinski definition) is 1. The first-order valence-corrected chi connectivity index (χ1v) is 6.04. The Morgan fingerprint density at radius 2 is 2.00 bits per heavy atom. The summed E-state index contributed by atoms with van der Waals surface area (Å²) < 4.78 is 1.83. The van der Waals surface area contributed by atoms with E-state index in [1.807, 2.05) is 35.0 Å². The van der Waals surface area contributed by atoms with Crippen molar-refractivity contribution in [2.45, 2.75) is 0 Å². The predicted molar refractivity (Wildman–Crippen MR) is 75.9 cm³/mol.